The zero-order valence-corrected chi connectivity index (χ0v) is 9.23. The molecule has 0 amide bonds. The molecule has 0 saturated heterocycles. The lowest BCUT2D eigenvalue weighted by atomic mass is 10.1. The van der Waals surface area contributed by atoms with E-state index in [1.165, 1.54) is 5.56 Å². The number of hydrogen-bond donors (Lipinski definition) is 2. The number of aromatic amines is 1. The van der Waals surface area contributed by atoms with Gasteiger partial charge in [-0.2, -0.15) is 0 Å². The van der Waals surface area contributed by atoms with E-state index in [2.05, 4.69) is 10.3 Å². The first-order valence-electron chi connectivity index (χ1n) is 5.32. The van der Waals surface area contributed by atoms with E-state index in [-0.39, 0.29) is 5.69 Å². The van der Waals surface area contributed by atoms with Crippen LogP contribution in [0.4, 0.5) is 0 Å². The summed E-state index contributed by atoms with van der Waals surface area (Å²) in [6.45, 7) is 0.899. The number of aromatic nitrogens is 2. The highest BCUT2D eigenvalue weighted by Crippen LogP contribution is 2.12. The summed E-state index contributed by atoms with van der Waals surface area (Å²) >= 11 is 0. The Labute approximate surface area is 93.9 Å². The number of likely N-dealkylation sites (N-methyl/N-ethyl adjacent to an activating group) is 1. The summed E-state index contributed by atoms with van der Waals surface area (Å²) in [5, 5.41) is 3.11. The highest BCUT2D eigenvalue weighted by atomic mass is 16.1. The molecule has 4 nitrogen and oxygen atoms in total. The Bertz CT molecular complexity index is 513. The number of rotatable bonds is 4. The average molecular weight is 217 g/mol. The molecule has 2 N–H and O–H groups in total. The van der Waals surface area contributed by atoms with Gasteiger partial charge in [0.1, 0.15) is 0 Å². The monoisotopic (exact) mass is 217 g/mol. The second-order valence-electron chi connectivity index (χ2n) is 3.62. The molecular weight excluding hydrogens is 202 g/mol. The van der Waals surface area contributed by atoms with E-state index in [0.29, 0.717) is 0 Å². The standard InChI is InChI=1S/C12H15N3O/c1-13-7-6-10-4-2-3-5-11(10)15-9-8-14-12(15)16/h2-5,8-9,13H,6-7H2,1H3,(H,14,16). The largest absolute Gasteiger partial charge is 0.330 e. The number of para-hydroxylation sites is 1. The summed E-state index contributed by atoms with van der Waals surface area (Å²) < 4.78 is 1.63. The topological polar surface area (TPSA) is 49.8 Å². The van der Waals surface area contributed by atoms with Crippen LogP contribution >= 0.6 is 0 Å². The van der Waals surface area contributed by atoms with Crippen molar-refractivity contribution in [3.05, 3.63) is 52.7 Å². The van der Waals surface area contributed by atoms with Crippen LogP contribution in [-0.4, -0.2) is 23.1 Å². The van der Waals surface area contributed by atoms with Crippen LogP contribution in [0.1, 0.15) is 5.56 Å². The minimum absolute atomic E-state index is 0.100. The average Bonchev–Trinajstić information content (AvgIpc) is 2.73. The van der Waals surface area contributed by atoms with Crippen molar-refractivity contribution in [1.82, 2.24) is 14.9 Å². The number of imidazole rings is 1. The molecule has 0 saturated carbocycles. The van der Waals surface area contributed by atoms with Gasteiger partial charge in [0.25, 0.3) is 0 Å². The first kappa shape index (κ1) is 10.7. The summed E-state index contributed by atoms with van der Waals surface area (Å²) in [5.41, 5.74) is 2.01. The second kappa shape index (κ2) is 4.81. The Morgan fingerprint density at radius 1 is 1.38 bits per heavy atom. The van der Waals surface area contributed by atoms with Gasteiger partial charge < -0.3 is 10.3 Å². The van der Waals surface area contributed by atoms with Gasteiger partial charge in [-0.15, -0.1) is 0 Å². The SMILES string of the molecule is CNCCc1ccccc1-n1cc[nH]c1=O. The molecule has 2 rings (SSSR count). The molecule has 0 radical (unpaired) electrons. The number of H-pyrrole nitrogens is 1. The van der Waals surface area contributed by atoms with Gasteiger partial charge >= 0.3 is 5.69 Å². The molecular formula is C12H15N3O. The lowest BCUT2D eigenvalue weighted by Crippen LogP contribution is -2.17. The van der Waals surface area contributed by atoms with Crippen molar-refractivity contribution in [2.45, 2.75) is 6.42 Å². The maximum absolute atomic E-state index is 11.5. The zero-order chi connectivity index (χ0) is 11.4. The van der Waals surface area contributed by atoms with Crippen molar-refractivity contribution in [2.24, 2.45) is 0 Å². The number of nitrogens with one attached hydrogen (secondary N) is 2. The predicted molar refractivity (Wildman–Crippen MR) is 64.0 cm³/mol. The molecule has 84 valence electrons. The molecule has 1 aromatic carbocycles. The van der Waals surface area contributed by atoms with E-state index < -0.39 is 0 Å². The molecule has 0 spiro atoms. The molecule has 0 bridgehead atoms. The minimum atomic E-state index is -0.100. The highest BCUT2D eigenvalue weighted by Gasteiger charge is 2.05. The Kier molecular flexibility index (Phi) is 3.22. The zero-order valence-electron chi connectivity index (χ0n) is 9.23. The van der Waals surface area contributed by atoms with Crippen molar-refractivity contribution in [3.63, 3.8) is 0 Å². The number of benzene rings is 1. The Morgan fingerprint density at radius 3 is 2.88 bits per heavy atom. The Balaban J connectivity index is 2.40. The van der Waals surface area contributed by atoms with Crippen LogP contribution in [0.2, 0.25) is 0 Å². The quantitative estimate of drug-likeness (QED) is 0.800. The predicted octanol–water partition coefficient (Wildman–Crippen LogP) is 0.927. The molecule has 0 aliphatic carbocycles. The molecule has 2 aromatic rings. The summed E-state index contributed by atoms with van der Waals surface area (Å²) in [7, 11) is 1.92. The van der Waals surface area contributed by atoms with E-state index in [1.807, 2.05) is 31.3 Å². The summed E-state index contributed by atoms with van der Waals surface area (Å²) in [5.74, 6) is 0. The van der Waals surface area contributed by atoms with E-state index in [0.717, 1.165) is 18.7 Å². The van der Waals surface area contributed by atoms with Crippen molar-refractivity contribution in [3.8, 4) is 5.69 Å². The fourth-order valence-electron chi connectivity index (χ4n) is 1.73. The van der Waals surface area contributed by atoms with Gasteiger partial charge in [0, 0.05) is 12.4 Å². The van der Waals surface area contributed by atoms with Gasteiger partial charge in [0.2, 0.25) is 0 Å². The lowest BCUT2D eigenvalue weighted by molar-refractivity contribution is 0.785. The smallest absolute Gasteiger partial charge is 0.319 e. The van der Waals surface area contributed by atoms with E-state index >= 15 is 0 Å². The van der Waals surface area contributed by atoms with Crippen LogP contribution in [0.5, 0.6) is 0 Å². The molecule has 0 aliphatic rings. The van der Waals surface area contributed by atoms with Gasteiger partial charge in [-0.25, -0.2) is 4.79 Å². The number of hydrogen-bond acceptors (Lipinski definition) is 2. The van der Waals surface area contributed by atoms with Gasteiger partial charge in [0.15, 0.2) is 0 Å². The van der Waals surface area contributed by atoms with Crippen LogP contribution in [0.25, 0.3) is 5.69 Å². The molecule has 0 atom stereocenters. The third kappa shape index (κ3) is 2.06. The first-order chi connectivity index (χ1) is 7.83. The third-order valence-corrected chi connectivity index (χ3v) is 2.54. The second-order valence-corrected chi connectivity index (χ2v) is 3.62. The van der Waals surface area contributed by atoms with Gasteiger partial charge in [0.05, 0.1) is 5.69 Å². The third-order valence-electron chi connectivity index (χ3n) is 2.54. The molecule has 1 heterocycles. The van der Waals surface area contributed by atoms with E-state index in [4.69, 9.17) is 0 Å². The van der Waals surface area contributed by atoms with Crippen LogP contribution in [-0.2, 0) is 6.42 Å². The minimum Gasteiger partial charge on any atom is -0.319 e. The molecule has 4 heteroatoms. The van der Waals surface area contributed by atoms with E-state index in [1.54, 1.807) is 17.0 Å². The Hall–Kier alpha value is -1.81. The lowest BCUT2D eigenvalue weighted by Gasteiger charge is -2.08. The maximum atomic E-state index is 11.5. The summed E-state index contributed by atoms with van der Waals surface area (Å²) in [6.07, 6.45) is 4.31. The van der Waals surface area contributed by atoms with Gasteiger partial charge in [-0.1, -0.05) is 18.2 Å². The fourth-order valence-corrected chi connectivity index (χ4v) is 1.73. The molecule has 16 heavy (non-hydrogen) atoms. The molecule has 1 aromatic heterocycles. The maximum Gasteiger partial charge on any atom is 0.330 e. The highest BCUT2D eigenvalue weighted by molar-refractivity contribution is 5.41. The summed E-state index contributed by atoms with van der Waals surface area (Å²) in [6, 6.07) is 7.94. The molecule has 0 aliphatic heterocycles. The van der Waals surface area contributed by atoms with Crippen LogP contribution in [0.15, 0.2) is 41.5 Å². The van der Waals surface area contributed by atoms with E-state index in [9.17, 15) is 4.79 Å². The fraction of sp³-hybridized carbons (Fsp3) is 0.250. The van der Waals surface area contributed by atoms with Crippen LogP contribution in [0, 0.1) is 0 Å². The van der Waals surface area contributed by atoms with Gasteiger partial charge in [-0.3, -0.25) is 4.57 Å². The van der Waals surface area contributed by atoms with Crippen molar-refractivity contribution in [2.75, 3.05) is 13.6 Å². The van der Waals surface area contributed by atoms with Crippen molar-refractivity contribution < 1.29 is 0 Å². The molecule has 0 fully saturated rings. The van der Waals surface area contributed by atoms with Gasteiger partial charge in [-0.05, 0) is 31.6 Å². The summed E-state index contributed by atoms with van der Waals surface area (Å²) in [4.78, 5) is 14.2. The molecule has 0 unspecified atom stereocenters. The first-order valence-corrected chi connectivity index (χ1v) is 5.32. The van der Waals surface area contributed by atoms with Crippen LogP contribution < -0.4 is 11.0 Å². The van der Waals surface area contributed by atoms with Crippen molar-refractivity contribution in [1.29, 1.82) is 0 Å². The Morgan fingerprint density at radius 2 is 2.19 bits per heavy atom. The van der Waals surface area contributed by atoms with Crippen LogP contribution in [0.3, 0.4) is 0 Å². The van der Waals surface area contributed by atoms with Crippen molar-refractivity contribution >= 4 is 0 Å². The number of nitrogens with zero attached hydrogens (tertiary/aromatic N) is 1. The normalized spacial score (nSPS) is 10.6.